The monoisotopic (exact) mass is 312 g/mol. The van der Waals surface area contributed by atoms with Crippen LogP contribution in [-0.2, 0) is 0 Å². The Hall–Kier alpha value is -2.60. The van der Waals surface area contributed by atoms with Gasteiger partial charge in [0.2, 0.25) is 0 Å². The Bertz CT molecular complexity index is 915. The average Bonchev–Trinajstić information content (AvgIpc) is 2.55. The maximum atomic E-state index is 2.22. The molecular formula is C24H24. The van der Waals surface area contributed by atoms with Crippen LogP contribution in [0.4, 0.5) is 0 Å². The van der Waals surface area contributed by atoms with Gasteiger partial charge in [0.1, 0.15) is 0 Å². The number of benzene rings is 4. The molecule has 0 bridgehead atoms. The highest BCUT2D eigenvalue weighted by atomic mass is 14.0. The van der Waals surface area contributed by atoms with E-state index in [1.807, 2.05) is 0 Å². The molecule has 0 fully saturated rings. The van der Waals surface area contributed by atoms with Crippen molar-refractivity contribution < 1.29 is 0 Å². The maximum Gasteiger partial charge on any atom is -0.0179 e. The molecule has 0 nitrogen and oxygen atoms in total. The van der Waals surface area contributed by atoms with Gasteiger partial charge in [-0.15, -0.1) is 0 Å². The van der Waals surface area contributed by atoms with Gasteiger partial charge < -0.3 is 0 Å². The van der Waals surface area contributed by atoms with Gasteiger partial charge in [0.25, 0.3) is 0 Å². The first-order valence-electron chi connectivity index (χ1n) is 8.45. The van der Waals surface area contributed by atoms with Gasteiger partial charge in [-0.05, 0) is 49.2 Å². The van der Waals surface area contributed by atoms with Crippen molar-refractivity contribution in [3.05, 3.63) is 95.1 Å². The molecule has 0 spiro atoms. The molecule has 0 saturated heterocycles. The molecule has 0 aliphatic rings. The zero-order valence-corrected chi connectivity index (χ0v) is 14.9. The third-order valence-electron chi connectivity index (χ3n) is 4.30. The summed E-state index contributed by atoms with van der Waals surface area (Å²) in [4.78, 5) is 0. The first-order chi connectivity index (χ1) is 11.5. The van der Waals surface area contributed by atoms with Crippen molar-refractivity contribution in [1.29, 1.82) is 0 Å². The van der Waals surface area contributed by atoms with E-state index in [1.54, 1.807) is 0 Å². The lowest BCUT2D eigenvalue weighted by Crippen LogP contribution is -1.76. The molecule has 0 atom stereocenters. The largest absolute Gasteiger partial charge is 0.0587 e. The molecule has 0 unspecified atom stereocenters. The van der Waals surface area contributed by atoms with Crippen molar-refractivity contribution in [2.24, 2.45) is 0 Å². The summed E-state index contributed by atoms with van der Waals surface area (Å²) in [5.74, 6) is 0. The van der Waals surface area contributed by atoms with Crippen molar-refractivity contribution in [2.45, 2.75) is 27.7 Å². The molecule has 120 valence electrons. The lowest BCUT2D eigenvalue weighted by atomic mass is 10.1. The molecule has 0 amide bonds. The lowest BCUT2D eigenvalue weighted by molar-refractivity contribution is 1.47. The number of aryl methyl sites for hydroxylation is 4. The maximum absolute atomic E-state index is 2.22. The third-order valence-corrected chi connectivity index (χ3v) is 4.30. The van der Waals surface area contributed by atoms with E-state index in [-0.39, 0.29) is 0 Å². The summed E-state index contributed by atoms with van der Waals surface area (Å²) < 4.78 is 0. The van der Waals surface area contributed by atoms with Crippen LogP contribution in [0.25, 0.3) is 21.5 Å². The van der Waals surface area contributed by atoms with Gasteiger partial charge in [0, 0.05) is 0 Å². The summed E-state index contributed by atoms with van der Waals surface area (Å²) in [6.45, 7) is 8.50. The fourth-order valence-electron chi connectivity index (χ4n) is 2.97. The SMILES string of the molecule is Cc1ccc2cc(C)ccc2c1.Cc1ccc2ccc(C)cc2c1. The summed E-state index contributed by atoms with van der Waals surface area (Å²) >= 11 is 0. The molecule has 0 heteroatoms. The summed E-state index contributed by atoms with van der Waals surface area (Å²) in [5.41, 5.74) is 5.30. The van der Waals surface area contributed by atoms with Crippen LogP contribution >= 0.6 is 0 Å². The molecule has 0 saturated carbocycles. The van der Waals surface area contributed by atoms with Gasteiger partial charge in [-0.2, -0.15) is 0 Å². The highest BCUT2D eigenvalue weighted by Gasteiger charge is 1.93. The third kappa shape index (κ3) is 3.83. The zero-order chi connectivity index (χ0) is 17.1. The fourth-order valence-corrected chi connectivity index (χ4v) is 2.97. The van der Waals surface area contributed by atoms with Crippen LogP contribution in [-0.4, -0.2) is 0 Å². The highest BCUT2D eigenvalue weighted by Crippen LogP contribution is 2.17. The van der Waals surface area contributed by atoms with Gasteiger partial charge >= 0.3 is 0 Å². The zero-order valence-electron chi connectivity index (χ0n) is 14.9. The van der Waals surface area contributed by atoms with Gasteiger partial charge in [-0.1, -0.05) is 95.1 Å². The average molecular weight is 312 g/mol. The van der Waals surface area contributed by atoms with E-state index in [0.717, 1.165) is 0 Å². The van der Waals surface area contributed by atoms with E-state index in [1.165, 1.54) is 43.8 Å². The van der Waals surface area contributed by atoms with Crippen molar-refractivity contribution in [3.63, 3.8) is 0 Å². The Labute approximate surface area is 144 Å². The molecule has 0 aliphatic heterocycles. The summed E-state index contributed by atoms with van der Waals surface area (Å²) in [6, 6.07) is 26.2. The Morgan fingerprint density at radius 1 is 0.333 bits per heavy atom. The molecule has 0 aliphatic carbocycles. The minimum absolute atomic E-state index is 1.33. The molecule has 0 aromatic heterocycles. The topological polar surface area (TPSA) is 0 Å². The molecule has 4 rings (SSSR count). The van der Waals surface area contributed by atoms with Gasteiger partial charge in [-0.25, -0.2) is 0 Å². The second kappa shape index (κ2) is 6.88. The van der Waals surface area contributed by atoms with Crippen molar-refractivity contribution in [2.75, 3.05) is 0 Å². The first kappa shape index (κ1) is 16.3. The first-order valence-corrected chi connectivity index (χ1v) is 8.45. The highest BCUT2D eigenvalue weighted by molar-refractivity contribution is 5.84. The molecule has 0 radical (unpaired) electrons. The Morgan fingerprint density at radius 3 is 1.00 bits per heavy atom. The van der Waals surface area contributed by atoms with E-state index in [2.05, 4.69) is 100 Å². The number of hydrogen-bond donors (Lipinski definition) is 0. The molecular weight excluding hydrogens is 288 g/mol. The minimum Gasteiger partial charge on any atom is -0.0587 e. The summed E-state index contributed by atoms with van der Waals surface area (Å²) in [5, 5.41) is 5.34. The quantitative estimate of drug-likeness (QED) is 0.331. The standard InChI is InChI=1S/2C12H12/c1-9-3-5-12-8-10(2)4-6-11(12)7-9;1-9-3-5-11-6-4-10(2)8-12(11)7-9/h2*3-8H,1-2H3. The van der Waals surface area contributed by atoms with E-state index >= 15 is 0 Å². The van der Waals surface area contributed by atoms with Crippen molar-refractivity contribution >= 4 is 21.5 Å². The number of rotatable bonds is 0. The van der Waals surface area contributed by atoms with Crippen LogP contribution in [0.2, 0.25) is 0 Å². The van der Waals surface area contributed by atoms with Crippen LogP contribution in [0, 0.1) is 27.7 Å². The molecule has 4 aromatic carbocycles. The Kier molecular flexibility index (Phi) is 4.66. The van der Waals surface area contributed by atoms with E-state index in [0.29, 0.717) is 0 Å². The molecule has 0 heterocycles. The second-order valence-corrected chi connectivity index (χ2v) is 6.71. The van der Waals surface area contributed by atoms with Gasteiger partial charge in [-0.3, -0.25) is 0 Å². The van der Waals surface area contributed by atoms with E-state index < -0.39 is 0 Å². The Morgan fingerprint density at radius 2 is 0.625 bits per heavy atom. The van der Waals surface area contributed by atoms with Crippen LogP contribution < -0.4 is 0 Å². The summed E-state index contributed by atoms with van der Waals surface area (Å²) in [6.07, 6.45) is 0. The van der Waals surface area contributed by atoms with Crippen LogP contribution in [0.1, 0.15) is 22.3 Å². The number of hydrogen-bond acceptors (Lipinski definition) is 0. The smallest absolute Gasteiger partial charge is 0.0179 e. The van der Waals surface area contributed by atoms with Crippen molar-refractivity contribution in [3.8, 4) is 0 Å². The molecule has 0 N–H and O–H groups in total. The van der Waals surface area contributed by atoms with Crippen LogP contribution in [0.5, 0.6) is 0 Å². The predicted molar refractivity (Wildman–Crippen MR) is 107 cm³/mol. The lowest BCUT2D eigenvalue weighted by Gasteiger charge is -1.99. The minimum atomic E-state index is 1.33. The summed E-state index contributed by atoms with van der Waals surface area (Å²) in [7, 11) is 0. The van der Waals surface area contributed by atoms with Crippen molar-refractivity contribution in [1.82, 2.24) is 0 Å². The van der Waals surface area contributed by atoms with Crippen LogP contribution in [0.15, 0.2) is 72.8 Å². The van der Waals surface area contributed by atoms with Gasteiger partial charge in [0.15, 0.2) is 0 Å². The fraction of sp³-hybridized carbons (Fsp3) is 0.167. The molecule has 24 heavy (non-hydrogen) atoms. The predicted octanol–water partition coefficient (Wildman–Crippen LogP) is 6.91. The normalized spacial score (nSPS) is 10.5. The second-order valence-electron chi connectivity index (χ2n) is 6.71. The Balaban J connectivity index is 0.000000141. The number of fused-ring (bicyclic) bond motifs is 2. The molecule has 4 aromatic rings. The van der Waals surface area contributed by atoms with E-state index in [4.69, 9.17) is 0 Å². The van der Waals surface area contributed by atoms with Crippen LogP contribution in [0.3, 0.4) is 0 Å². The van der Waals surface area contributed by atoms with E-state index in [9.17, 15) is 0 Å². The van der Waals surface area contributed by atoms with Gasteiger partial charge in [0.05, 0.1) is 0 Å².